The molecular weight excluding hydrogens is 140 g/mol. The molecule has 0 spiro atoms. The summed E-state index contributed by atoms with van der Waals surface area (Å²) < 4.78 is 10.6. The minimum Gasteiger partial charge on any atom is -0.248 e. The Hall–Kier alpha value is 0.0600. The number of hydrogen-bond acceptors (Lipinski definition) is 2. The lowest BCUT2D eigenvalue weighted by atomic mass is 10.3. The van der Waals surface area contributed by atoms with E-state index in [-0.39, 0.29) is 5.25 Å². The Morgan fingerprint density at radius 2 is 2.62 bits per heavy atom. The molecule has 1 aliphatic heterocycles. The topological polar surface area (TPSA) is 17.1 Å². The van der Waals surface area contributed by atoms with Crippen molar-refractivity contribution in [2.24, 2.45) is 0 Å². The van der Waals surface area contributed by atoms with Crippen molar-refractivity contribution in [3.63, 3.8) is 0 Å². The van der Waals surface area contributed by atoms with Crippen molar-refractivity contribution in [1.82, 2.24) is 0 Å². The predicted octanol–water partition coefficient (Wildman–Crippen LogP) is 0.789. The highest BCUT2D eigenvalue weighted by atomic mass is 33.1. The molecule has 0 aliphatic carbocycles. The van der Waals surface area contributed by atoms with Crippen molar-refractivity contribution >= 4 is 20.6 Å². The van der Waals surface area contributed by atoms with Crippen LogP contribution in [0.15, 0.2) is 0 Å². The molecule has 0 aromatic rings. The molecule has 0 N–H and O–H groups in total. The maximum Gasteiger partial charge on any atom is 0.0816 e. The van der Waals surface area contributed by atoms with Gasteiger partial charge >= 0.3 is 0 Å². The molecule has 1 fully saturated rings. The van der Waals surface area contributed by atoms with Crippen LogP contribution in [0, 0.1) is 12.3 Å². The summed E-state index contributed by atoms with van der Waals surface area (Å²) in [4.78, 5) is 0. The lowest BCUT2D eigenvalue weighted by molar-refractivity contribution is 0.691. The lowest BCUT2D eigenvalue weighted by Gasteiger charge is -1.89. The van der Waals surface area contributed by atoms with E-state index in [1.54, 1.807) is 0 Å². The van der Waals surface area contributed by atoms with Gasteiger partial charge in [-0.2, -0.15) is 0 Å². The van der Waals surface area contributed by atoms with Crippen LogP contribution in [-0.4, -0.2) is 15.2 Å². The van der Waals surface area contributed by atoms with Crippen molar-refractivity contribution in [2.75, 3.05) is 5.75 Å². The van der Waals surface area contributed by atoms with Gasteiger partial charge in [-0.25, -0.2) is 4.21 Å². The first-order chi connectivity index (χ1) is 3.83. The van der Waals surface area contributed by atoms with Crippen LogP contribution in [0.1, 0.15) is 6.42 Å². The van der Waals surface area contributed by atoms with Gasteiger partial charge in [0, 0.05) is 5.75 Å². The maximum atomic E-state index is 10.6. The fourth-order valence-corrected chi connectivity index (χ4v) is 3.55. The van der Waals surface area contributed by atoms with E-state index >= 15 is 0 Å². The number of terminal acetylenes is 1. The molecule has 1 nitrogen and oxygen atoms in total. The van der Waals surface area contributed by atoms with Crippen LogP contribution in [0.2, 0.25) is 0 Å². The van der Waals surface area contributed by atoms with Crippen LogP contribution in [0.4, 0.5) is 0 Å². The first kappa shape index (κ1) is 6.18. The molecule has 1 saturated heterocycles. The second-order valence-electron chi connectivity index (χ2n) is 1.55. The normalized spacial score (nSPS) is 36.9. The van der Waals surface area contributed by atoms with Crippen LogP contribution < -0.4 is 0 Å². The monoisotopic (exact) mass is 146 g/mol. The molecular formula is C5H6OS2. The van der Waals surface area contributed by atoms with Gasteiger partial charge < -0.3 is 0 Å². The van der Waals surface area contributed by atoms with Gasteiger partial charge in [0.15, 0.2) is 0 Å². The molecule has 1 aliphatic rings. The van der Waals surface area contributed by atoms with Crippen LogP contribution in [0.5, 0.6) is 0 Å². The van der Waals surface area contributed by atoms with Crippen LogP contribution in [0.25, 0.3) is 0 Å². The quantitative estimate of drug-likeness (QED) is 0.371. The Morgan fingerprint density at radius 3 is 2.88 bits per heavy atom. The van der Waals surface area contributed by atoms with Gasteiger partial charge in [-0.15, -0.1) is 6.42 Å². The molecule has 3 heteroatoms. The Labute approximate surface area is 55.1 Å². The molecule has 0 amide bonds. The summed E-state index contributed by atoms with van der Waals surface area (Å²) in [5.41, 5.74) is 0. The van der Waals surface area contributed by atoms with Crippen molar-refractivity contribution in [1.29, 1.82) is 0 Å². The Balaban J connectivity index is 2.47. The second-order valence-corrected chi connectivity index (χ2v) is 5.02. The third-order valence-electron chi connectivity index (χ3n) is 0.956. The number of hydrogen-bond donors (Lipinski definition) is 0. The second kappa shape index (κ2) is 2.56. The Bertz CT molecular complexity index is 147. The van der Waals surface area contributed by atoms with E-state index < -0.39 is 9.83 Å². The van der Waals surface area contributed by atoms with Crippen molar-refractivity contribution < 1.29 is 4.21 Å². The minimum absolute atomic E-state index is 0.218. The molecule has 44 valence electrons. The van der Waals surface area contributed by atoms with E-state index in [4.69, 9.17) is 6.42 Å². The van der Waals surface area contributed by atoms with Gasteiger partial charge in [-0.05, 0) is 17.2 Å². The Morgan fingerprint density at radius 1 is 1.88 bits per heavy atom. The van der Waals surface area contributed by atoms with Crippen LogP contribution >= 0.6 is 10.8 Å². The van der Waals surface area contributed by atoms with Crippen LogP contribution in [0.3, 0.4) is 0 Å². The summed E-state index contributed by atoms with van der Waals surface area (Å²) in [6, 6.07) is 0. The standard InChI is InChI=1S/C5H6OS2/c1-2-5-3-4-8(6)7-5/h1,5H,3-4H2/t5-,8?/m1/s1. The zero-order chi connectivity index (χ0) is 5.98. The molecule has 0 bridgehead atoms. The van der Waals surface area contributed by atoms with Crippen LogP contribution in [-0.2, 0) is 9.83 Å². The summed E-state index contributed by atoms with van der Waals surface area (Å²) in [5, 5.41) is 0.218. The summed E-state index contributed by atoms with van der Waals surface area (Å²) in [6.07, 6.45) is 6.02. The Kier molecular flexibility index (Phi) is 1.98. The molecule has 0 radical (unpaired) electrons. The van der Waals surface area contributed by atoms with E-state index in [0.29, 0.717) is 0 Å². The summed E-state index contributed by atoms with van der Waals surface area (Å²) in [6.45, 7) is 0. The first-order valence-electron chi connectivity index (χ1n) is 2.34. The minimum atomic E-state index is -0.679. The maximum absolute atomic E-state index is 10.6. The molecule has 0 saturated carbocycles. The predicted molar refractivity (Wildman–Crippen MR) is 37.8 cm³/mol. The zero-order valence-electron chi connectivity index (χ0n) is 4.29. The van der Waals surface area contributed by atoms with Crippen molar-refractivity contribution in [3.8, 4) is 12.3 Å². The molecule has 8 heavy (non-hydrogen) atoms. The fourth-order valence-electron chi connectivity index (χ4n) is 0.540. The average Bonchev–Trinajstić information content (AvgIpc) is 2.14. The van der Waals surface area contributed by atoms with E-state index in [9.17, 15) is 4.21 Å². The zero-order valence-corrected chi connectivity index (χ0v) is 5.93. The third kappa shape index (κ3) is 1.27. The highest BCUT2D eigenvalue weighted by Gasteiger charge is 2.18. The molecule has 1 unspecified atom stereocenters. The first-order valence-corrected chi connectivity index (χ1v) is 5.06. The SMILES string of the molecule is C#C[C@@H]1CCS(=O)S1. The lowest BCUT2D eigenvalue weighted by Crippen LogP contribution is -1.88. The average molecular weight is 146 g/mol. The van der Waals surface area contributed by atoms with Gasteiger partial charge in [-0.1, -0.05) is 5.92 Å². The fraction of sp³-hybridized carbons (Fsp3) is 0.600. The van der Waals surface area contributed by atoms with Gasteiger partial charge in [0.2, 0.25) is 0 Å². The largest absolute Gasteiger partial charge is 0.248 e. The van der Waals surface area contributed by atoms with Gasteiger partial charge in [0.1, 0.15) is 0 Å². The molecule has 0 aromatic carbocycles. The number of rotatable bonds is 0. The van der Waals surface area contributed by atoms with E-state index in [0.717, 1.165) is 12.2 Å². The third-order valence-corrected chi connectivity index (χ3v) is 4.18. The van der Waals surface area contributed by atoms with Gasteiger partial charge in [-0.3, -0.25) is 0 Å². The molecule has 2 atom stereocenters. The smallest absolute Gasteiger partial charge is 0.0816 e. The summed E-state index contributed by atoms with van der Waals surface area (Å²) in [7, 11) is 0.723. The molecule has 1 heterocycles. The summed E-state index contributed by atoms with van der Waals surface area (Å²) in [5.74, 6) is 3.34. The molecule has 0 aromatic heterocycles. The highest BCUT2D eigenvalue weighted by molar-refractivity contribution is 8.69. The van der Waals surface area contributed by atoms with Crippen molar-refractivity contribution in [3.05, 3.63) is 0 Å². The van der Waals surface area contributed by atoms with E-state index in [1.165, 1.54) is 10.8 Å². The van der Waals surface area contributed by atoms with E-state index in [1.807, 2.05) is 0 Å². The van der Waals surface area contributed by atoms with Gasteiger partial charge in [0.05, 0.1) is 15.1 Å². The van der Waals surface area contributed by atoms with Crippen molar-refractivity contribution in [2.45, 2.75) is 11.7 Å². The van der Waals surface area contributed by atoms with Gasteiger partial charge in [0.25, 0.3) is 0 Å². The summed E-state index contributed by atoms with van der Waals surface area (Å²) >= 11 is 0. The molecule has 1 rings (SSSR count). The highest BCUT2D eigenvalue weighted by Crippen LogP contribution is 2.26. The van der Waals surface area contributed by atoms with E-state index in [2.05, 4.69) is 5.92 Å².